The third-order valence-corrected chi connectivity index (χ3v) is 6.36. The molecule has 4 aromatic rings. The van der Waals surface area contributed by atoms with E-state index in [0.717, 1.165) is 20.9 Å². The van der Waals surface area contributed by atoms with Crippen molar-refractivity contribution >= 4 is 29.3 Å². The standard InChI is InChI=1S/C24H15N2O4.C7H7.Y/c1-25-21(27)17-9-7-14(12-19(17)22(25)28)11-15-8-10-18-20(13-15)24(30)26(23(18)29)16-5-3-2-4-6-16;1-7-5-3-2-4-6-7;/h3-10,12-13H,11H2,1H3;3-6H,1H3;/q2*-1;. The molecule has 0 bridgehead atoms. The van der Waals surface area contributed by atoms with E-state index in [2.05, 4.69) is 19.1 Å². The van der Waals surface area contributed by atoms with Gasteiger partial charge in [0.15, 0.2) is 0 Å². The van der Waals surface area contributed by atoms with E-state index in [1.165, 1.54) is 12.6 Å². The summed E-state index contributed by atoms with van der Waals surface area (Å²) in [6.07, 6.45) is 0.466. The molecule has 0 atom stereocenters. The van der Waals surface area contributed by atoms with Crippen LogP contribution in [0.1, 0.15) is 58.1 Å². The minimum absolute atomic E-state index is 0. The first kappa shape index (κ1) is 27.3. The molecule has 7 heteroatoms. The van der Waals surface area contributed by atoms with Gasteiger partial charge in [-0.15, -0.1) is 12.1 Å². The molecule has 0 aromatic heterocycles. The maximum atomic E-state index is 12.9. The zero-order valence-corrected chi connectivity index (χ0v) is 23.7. The summed E-state index contributed by atoms with van der Waals surface area (Å²) in [6, 6.07) is 30.7. The van der Waals surface area contributed by atoms with Gasteiger partial charge in [0.1, 0.15) is 0 Å². The second-order valence-electron chi connectivity index (χ2n) is 8.89. The average molecular weight is 575 g/mol. The quantitative estimate of drug-likeness (QED) is 0.258. The van der Waals surface area contributed by atoms with Crippen molar-refractivity contribution in [2.45, 2.75) is 13.3 Å². The van der Waals surface area contributed by atoms with Gasteiger partial charge in [0, 0.05) is 39.8 Å². The Kier molecular flexibility index (Phi) is 8.15. The topological polar surface area (TPSA) is 74.8 Å². The van der Waals surface area contributed by atoms with Gasteiger partial charge in [0.05, 0.1) is 22.3 Å². The van der Waals surface area contributed by atoms with Gasteiger partial charge in [-0.1, -0.05) is 24.7 Å². The number of benzene rings is 4. The van der Waals surface area contributed by atoms with E-state index in [1.807, 2.05) is 24.3 Å². The van der Waals surface area contributed by atoms with Crippen molar-refractivity contribution < 1.29 is 51.9 Å². The Labute approximate surface area is 246 Å². The molecular formula is C31H22N2O4Y-2. The van der Waals surface area contributed by atoms with Crippen LogP contribution in [0.4, 0.5) is 5.69 Å². The van der Waals surface area contributed by atoms with Crippen LogP contribution >= 0.6 is 0 Å². The molecule has 4 amide bonds. The van der Waals surface area contributed by atoms with Crippen molar-refractivity contribution in [1.82, 2.24) is 4.90 Å². The van der Waals surface area contributed by atoms with Crippen LogP contribution in [0.15, 0.2) is 84.9 Å². The number of carbonyl (C=O) groups excluding carboxylic acids is 4. The summed E-state index contributed by atoms with van der Waals surface area (Å²) in [6.45, 7) is 2.06. The van der Waals surface area contributed by atoms with Crippen molar-refractivity contribution in [3.8, 4) is 0 Å². The fourth-order valence-corrected chi connectivity index (χ4v) is 4.38. The molecule has 6 nitrogen and oxygen atoms in total. The molecule has 38 heavy (non-hydrogen) atoms. The minimum atomic E-state index is -0.362. The first-order valence-electron chi connectivity index (χ1n) is 11.7. The van der Waals surface area contributed by atoms with Gasteiger partial charge >= 0.3 is 0 Å². The van der Waals surface area contributed by atoms with Gasteiger partial charge in [-0.05, 0) is 41.8 Å². The third kappa shape index (κ3) is 5.15. The van der Waals surface area contributed by atoms with Crippen molar-refractivity contribution in [3.05, 3.63) is 136 Å². The predicted molar refractivity (Wildman–Crippen MR) is 139 cm³/mol. The SMILES string of the molecule is CN1C(=O)c2ccc(Cc3ccc4c(c3)C(=O)N(c3cc[c-]cc3)C4=O)cc2C1=O.Cc1cc[c-]cc1.[Y]. The Morgan fingerprint density at radius 2 is 1.05 bits per heavy atom. The van der Waals surface area contributed by atoms with Crippen LogP contribution in [0, 0.1) is 19.1 Å². The monoisotopic (exact) mass is 575 g/mol. The molecule has 2 aliphatic heterocycles. The van der Waals surface area contributed by atoms with E-state index in [1.54, 1.807) is 60.7 Å². The number of nitrogens with zero attached hydrogens (tertiary/aromatic N) is 2. The summed E-state index contributed by atoms with van der Waals surface area (Å²) < 4.78 is 0. The average Bonchev–Trinajstić information content (AvgIpc) is 3.29. The molecule has 0 fully saturated rings. The maximum absolute atomic E-state index is 12.9. The number of aryl methyl sites for hydroxylation is 1. The minimum Gasteiger partial charge on any atom is -0.277 e. The molecule has 0 saturated carbocycles. The molecule has 0 spiro atoms. The maximum Gasteiger partial charge on any atom is 0.264 e. The van der Waals surface area contributed by atoms with Crippen LogP contribution in [-0.2, 0) is 39.1 Å². The van der Waals surface area contributed by atoms with Gasteiger partial charge in [-0.3, -0.25) is 29.0 Å². The van der Waals surface area contributed by atoms with E-state index < -0.39 is 0 Å². The van der Waals surface area contributed by atoms with Crippen molar-refractivity contribution in [1.29, 1.82) is 0 Å². The Balaban J connectivity index is 0.000000367. The van der Waals surface area contributed by atoms with Gasteiger partial charge in [0.25, 0.3) is 23.6 Å². The molecule has 0 unspecified atom stereocenters. The molecule has 2 heterocycles. The summed E-state index contributed by atoms with van der Waals surface area (Å²) in [5.41, 5.74) is 4.99. The van der Waals surface area contributed by atoms with Crippen LogP contribution in [0.3, 0.4) is 0 Å². The number of fused-ring (bicyclic) bond motifs is 2. The second kappa shape index (κ2) is 11.3. The van der Waals surface area contributed by atoms with Crippen LogP contribution < -0.4 is 4.90 Å². The molecule has 0 aliphatic carbocycles. The summed E-state index contributed by atoms with van der Waals surface area (Å²) >= 11 is 0. The molecule has 4 aromatic carbocycles. The molecule has 0 saturated heterocycles. The van der Waals surface area contributed by atoms with E-state index in [9.17, 15) is 19.2 Å². The van der Waals surface area contributed by atoms with Gasteiger partial charge in [-0.2, -0.15) is 54.1 Å². The molecule has 2 aliphatic rings. The van der Waals surface area contributed by atoms with E-state index in [-0.39, 0.29) is 56.3 Å². The number of anilines is 1. The van der Waals surface area contributed by atoms with Crippen molar-refractivity contribution in [2.75, 3.05) is 11.9 Å². The van der Waals surface area contributed by atoms with Crippen LogP contribution in [0.5, 0.6) is 0 Å². The predicted octanol–water partition coefficient (Wildman–Crippen LogP) is 4.90. The smallest absolute Gasteiger partial charge is 0.264 e. The molecule has 6 rings (SSSR count). The Morgan fingerprint density at radius 3 is 1.58 bits per heavy atom. The number of hydrogen-bond donors (Lipinski definition) is 0. The molecule has 1 radical (unpaired) electrons. The van der Waals surface area contributed by atoms with Crippen molar-refractivity contribution in [3.63, 3.8) is 0 Å². The Morgan fingerprint density at radius 1 is 0.605 bits per heavy atom. The van der Waals surface area contributed by atoms with E-state index in [4.69, 9.17) is 0 Å². The van der Waals surface area contributed by atoms with Crippen LogP contribution in [0.2, 0.25) is 0 Å². The summed E-state index contributed by atoms with van der Waals surface area (Å²) in [7, 11) is 1.46. The van der Waals surface area contributed by atoms with Gasteiger partial charge in [-0.25, -0.2) is 0 Å². The molecular weight excluding hydrogens is 553 g/mol. The summed E-state index contributed by atoms with van der Waals surface area (Å²) in [5.74, 6) is -1.33. The normalized spacial score (nSPS) is 13.5. The molecule has 185 valence electrons. The third-order valence-electron chi connectivity index (χ3n) is 6.36. The zero-order valence-electron chi connectivity index (χ0n) is 20.9. The number of carbonyl (C=O) groups is 4. The zero-order chi connectivity index (χ0) is 26.1. The number of rotatable bonds is 3. The van der Waals surface area contributed by atoms with E-state index >= 15 is 0 Å². The molecule has 0 N–H and O–H groups in total. The number of amides is 4. The second-order valence-corrected chi connectivity index (χ2v) is 8.89. The van der Waals surface area contributed by atoms with Crippen LogP contribution in [-0.4, -0.2) is 35.6 Å². The summed E-state index contributed by atoms with van der Waals surface area (Å²) in [4.78, 5) is 52.2. The van der Waals surface area contributed by atoms with Gasteiger partial charge in [0.2, 0.25) is 0 Å². The largest absolute Gasteiger partial charge is 0.277 e. The van der Waals surface area contributed by atoms with E-state index in [0.29, 0.717) is 34.4 Å². The number of imide groups is 2. The summed E-state index contributed by atoms with van der Waals surface area (Å²) in [5, 5.41) is 0. The Hall–Kier alpha value is -3.74. The number of hydrogen-bond acceptors (Lipinski definition) is 4. The first-order valence-corrected chi connectivity index (χ1v) is 11.7. The van der Waals surface area contributed by atoms with Crippen molar-refractivity contribution in [2.24, 2.45) is 0 Å². The fraction of sp³-hybridized carbons (Fsp3) is 0.0968. The fourth-order valence-electron chi connectivity index (χ4n) is 4.38. The first-order chi connectivity index (χ1) is 17.8. The van der Waals surface area contributed by atoms with Crippen LogP contribution in [0.25, 0.3) is 0 Å². The van der Waals surface area contributed by atoms with Gasteiger partial charge < -0.3 is 0 Å². The Bertz CT molecular complexity index is 1550.